The number of nitrogens with two attached hydrogens (primary N) is 1. The van der Waals surface area contributed by atoms with Crippen LogP contribution in [0.1, 0.15) is 6.42 Å². The van der Waals surface area contributed by atoms with Gasteiger partial charge in [-0.15, -0.1) is 0 Å². The van der Waals surface area contributed by atoms with Gasteiger partial charge >= 0.3 is 0 Å². The lowest BCUT2D eigenvalue weighted by Crippen LogP contribution is -2.26. The Hall–Kier alpha value is -0.830. The van der Waals surface area contributed by atoms with Gasteiger partial charge in [0, 0.05) is 17.1 Å². The molecule has 0 saturated carbocycles. The second-order valence-electron chi connectivity index (χ2n) is 3.68. The monoisotopic (exact) mass is 352 g/mol. The molecule has 0 aliphatic heterocycles. The van der Waals surface area contributed by atoms with Crippen LogP contribution in [0.2, 0.25) is 0 Å². The van der Waals surface area contributed by atoms with Crippen molar-refractivity contribution in [3.8, 4) is 11.5 Å². The summed E-state index contributed by atoms with van der Waals surface area (Å²) in [5.74, 6) is 0.806. The first-order valence-corrected chi connectivity index (χ1v) is 7.85. The number of nitrogens with one attached hydrogen (secondary N) is 1. The van der Waals surface area contributed by atoms with Crippen LogP contribution in [0.3, 0.4) is 0 Å². The fraction of sp³-hybridized carbons (Fsp3) is 0.455. The summed E-state index contributed by atoms with van der Waals surface area (Å²) in [6.45, 7) is 0.718. The van der Waals surface area contributed by atoms with Crippen LogP contribution in [-0.4, -0.2) is 35.7 Å². The predicted octanol–water partition coefficient (Wildman–Crippen LogP) is 1.09. The van der Waals surface area contributed by atoms with Crippen molar-refractivity contribution in [3.05, 3.63) is 16.6 Å². The number of ether oxygens (including phenoxy) is 2. The van der Waals surface area contributed by atoms with E-state index in [2.05, 4.69) is 20.7 Å². The minimum Gasteiger partial charge on any atom is -0.493 e. The lowest BCUT2D eigenvalue weighted by molar-refractivity contribution is 0.353. The van der Waals surface area contributed by atoms with Crippen LogP contribution in [0, 0.1) is 0 Å². The van der Waals surface area contributed by atoms with Crippen molar-refractivity contribution in [2.24, 2.45) is 5.73 Å². The third-order valence-electron chi connectivity index (χ3n) is 2.40. The molecule has 1 aromatic carbocycles. The van der Waals surface area contributed by atoms with E-state index < -0.39 is 10.0 Å². The molecule has 0 saturated heterocycles. The van der Waals surface area contributed by atoms with E-state index in [4.69, 9.17) is 15.2 Å². The van der Waals surface area contributed by atoms with E-state index in [-0.39, 0.29) is 4.90 Å². The molecule has 8 heteroatoms. The first-order valence-electron chi connectivity index (χ1n) is 5.57. The average Bonchev–Trinajstić information content (AvgIpc) is 2.38. The Kier molecular flexibility index (Phi) is 6.05. The van der Waals surface area contributed by atoms with Gasteiger partial charge in [0.1, 0.15) is 4.90 Å². The minimum absolute atomic E-state index is 0.0992. The summed E-state index contributed by atoms with van der Waals surface area (Å²) in [6.07, 6.45) is 0.574. The number of rotatable bonds is 7. The van der Waals surface area contributed by atoms with Crippen LogP contribution < -0.4 is 19.9 Å². The Balaban J connectivity index is 3.12. The Morgan fingerprint density at radius 3 is 2.37 bits per heavy atom. The molecule has 0 aliphatic carbocycles. The number of benzene rings is 1. The first-order chi connectivity index (χ1) is 8.96. The zero-order valence-electron chi connectivity index (χ0n) is 10.8. The Morgan fingerprint density at radius 2 is 1.84 bits per heavy atom. The smallest absolute Gasteiger partial charge is 0.241 e. The normalized spacial score (nSPS) is 11.4. The highest BCUT2D eigenvalue weighted by Gasteiger charge is 2.20. The van der Waals surface area contributed by atoms with Gasteiger partial charge in [0.15, 0.2) is 11.5 Å². The lowest BCUT2D eigenvalue weighted by Gasteiger charge is -2.12. The standard InChI is InChI=1S/C11H17BrN2O4S/c1-17-9-6-8(12)11(7-10(9)18-2)19(15,16)14-5-3-4-13/h6-7,14H,3-5,13H2,1-2H3. The molecule has 0 aromatic heterocycles. The molecule has 1 aromatic rings. The van der Waals surface area contributed by atoms with Crippen LogP contribution in [0.4, 0.5) is 0 Å². The first kappa shape index (κ1) is 16.2. The zero-order valence-corrected chi connectivity index (χ0v) is 13.2. The van der Waals surface area contributed by atoms with E-state index >= 15 is 0 Å². The highest BCUT2D eigenvalue weighted by molar-refractivity contribution is 9.10. The van der Waals surface area contributed by atoms with Gasteiger partial charge < -0.3 is 15.2 Å². The second-order valence-corrected chi connectivity index (χ2v) is 6.27. The Bertz CT molecular complexity index is 534. The molecule has 1 rings (SSSR count). The van der Waals surface area contributed by atoms with E-state index in [9.17, 15) is 8.42 Å². The van der Waals surface area contributed by atoms with Gasteiger partial charge in [0.05, 0.1) is 14.2 Å². The number of hydrogen-bond donors (Lipinski definition) is 2. The number of methoxy groups -OCH3 is 2. The summed E-state index contributed by atoms with van der Waals surface area (Å²) in [4.78, 5) is 0.0992. The van der Waals surface area contributed by atoms with E-state index in [0.717, 1.165) is 0 Å². The molecule has 108 valence electrons. The van der Waals surface area contributed by atoms with Gasteiger partial charge in [-0.05, 0) is 35.0 Å². The third kappa shape index (κ3) is 4.07. The van der Waals surface area contributed by atoms with Crippen LogP contribution in [0.5, 0.6) is 11.5 Å². The molecular weight excluding hydrogens is 336 g/mol. The summed E-state index contributed by atoms with van der Waals surface area (Å²) in [5.41, 5.74) is 5.33. The highest BCUT2D eigenvalue weighted by atomic mass is 79.9. The van der Waals surface area contributed by atoms with E-state index in [1.54, 1.807) is 6.07 Å². The summed E-state index contributed by atoms with van der Waals surface area (Å²) in [6, 6.07) is 2.96. The van der Waals surface area contributed by atoms with Crippen LogP contribution in [0.15, 0.2) is 21.5 Å². The lowest BCUT2D eigenvalue weighted by atomic mass is 10.3. The quantitative estimate of drug-likeness (QED) is 0.717. The summed E-state index contributed by atoms with van der Waals surface area (Å²) in [7, 11) is -0.676. The third-order valence-corrected chi connectivity index (χ3v) is 4.82. The summed E-state index contributed by atoms with van der Waals surface area (Å²) in [5, 5.41) is 0. The van der Waals surface area contributed by atoms with Gasteiger partial charge in [0.25, 0.3) is 0 Å². The number of halogens is 1. The number of hydrogen-bond acceptors (Lipinski definition) is 5. The molecule has 0 radical (unpaired) electrons. The molecule has 19 heavy (non-hydrogen) atoms. The van der Waals surface area contributed by atoms with Gasteiger partial charge in [-0.3, -0.25) is 0 Å². The van der Waals surface area contributed by atoms with Crippen molar-refractivity contribution in [1.82, 2.24) is 4.72 Å². The molecular formula is C11H17BrN2O4S. The maximum atomic E-state index is 12.1. The molecule has 3 N–H and O–H groups in total. The summed E-state index contributed by atoms with van der Waals surface area (Å²) >= 11 is 3.22. The fourth-order valence-corrected chi connectivity index (χ4v) is 3.54. The van der Waals surface area contributed by atoms with Gasteiger partial charge in [-0.25, -0.2) is 13.1 Å². The maximum Gasteiger partial charge on any atom is 0.241 e. The zero-order chi connectivity index (χ0) is 14.5. The predicted molar refractivity (Wildman–Crippen MR) is 76.1 cm³/mol. The van der Waals surface area contributed by atoms with Crippen molar-refractivity contribution in [2.45, 2.75) is 11.3 Å². The van der Waals surface area contributed by atoms with Crippen LogP contribution in [-0.2, 0) is 10.0 Å². The molecule has 0 atom stereocenters. The van der Waals surface area contributed by atoms with Crippen molar-refractivity contribution in [2.75, 3.05) is 27.3 Å². The van der Waals surface area contributed by atoms with E-state index in [0.29, 0.717) is 35.5 Å². The average molecular weight is 353 g/mol. The maximum absolute atomic E-state index is 12.1. The van der Waals surface area contributed by atoms with Crippen LogP contribution >= 0.6 is 15.9 Å². The Labute approximate surface area is 121 Å². The highest BCUT2D eigenvalue weighted by Crippen LogP contribution is 2.35. The Morgan fingerprint density at radius 1 is 1.26 bits per heavy atom. The molecule has 0 amide bonds. The van der Waals surface area contributed by atoms with E-state index in [1.165, 1.54) is 20.3 Å². The second kappa shape index (κ2) is 7.09. The molecule has 0 bridgehead atoms. The van der Waals surface area contributed by atoms with Gasteiger partial charge in [-0.2, -0.15) is 0 Å². The van der Waals surface area contributed by atoms with E-state index in [1.807, 2.05) is 0 Å². The topological polar surface area (TPSA) is 90.7 Å². The molecule has 0 aliphatic rings. The molecule has 0 fully saturated rings. The largest absolute Gasteiger partial charge is 0.493 e. The van der Waals surface area contributed by atoms with Gasteiger partial charge in [-0.1, -0.05) is 0 Å². The minimum atomic E-state index is -3.61. The van der Waals surface area contributed by atoms with Crippen LogP contribution in [0.25, 0.3) is 0 Å². The van der Waals surface area contributed by atoms with Crippen molar-refractivity contribution >= 4 is 26.0 Å². The SMILES string of the molecule is COc1cc(Br)c(S(=O)(=O)NCCCN)cc1OC. The number of sulfonamides is 1. The molecule has 6 nitrogen and oxygen atoms in total. The fourth-order valence-electron chi connectivity index (χ4n) is 1.43. The van der Waals surface area contributed by atoms with Crippen molar-refractivity contribution in [1.29, 1.82) is 0 Å². The summed E-state index contributed by atoms with van der Waals surface area (Å²) < 4.78 is 37.3. The molecule has 0 heterocycles. The molecule has 0 spiro atoms. The molecule has 0 unspecified atom stereocenters. The van der Waals surface area contributed by atoms with Crippen molar-refractivity contribution < 1.29 is 17.9 Å². The van der Waals surface area contributed by atoms with Gasteiger partial charge in [0.2, 0.25) is 10.0 Å². The van der Waals surface area contributed by atoms with Crippen molar-refractivity contribution in [3.63, 3.8) is 0 Å².